The number of thiol groups is 1. The number of hydrogen-bond acceptors (Lipinski definition) is 15. The summed E-state index contributed by atoms with van der Waals surface area (Å²) >= 11 is 4.37. The van der Waals surface area contributed by atoms with Crippen LogP contribution in [0.1, 0.15) is 93.6 Å². The second kappa shape index (κ2) is 21.0. The maximum absolute atomic E-state index is 16.2. The summed E-state index contributed by atoms with van der Waals surface area (Å²) in [6.07, 6.45) is -10.2. The Bertz CT molecular complexity index is 2470. The summed E-state index contributed by atoms with van der Waals surface area (Å²) in [5.74, 6) is -6.01. The molecule has 3 aromatic rings. The molecule has 1 unspecified atom stereocenters. The van der Waals surface area contributed by atoms with Crippen molar-refractivity contribution in [1.82, 2.24) is 10.6 Å². The molecule has 7 rings (SSSR count). The van der Waals surface area contributed by atoms with Crippen LogP contribution in [0, 0.1) is 22.6 Å². The summed E-state index contributed by atoms with van der Waals surface area (Å²) < 4.78 is 58.3. The number of nitrogens with one attached hydrogen (secondary N) is 2. The normalized spacial score (nSPS) is 29.5. The molecule has 3 aromatic carbocycles. The van der Waals surface area contributed by atoms with Gasteiger partial charge in [0.05, 0.1) is 42.3 Å². The van der Waals surface area contributed by atoms with Gasteiger partial charge in [0.2, 0.25) is 0 Å². The van der Waals surface area contributed by atoms with Gasteiger partial charge < -0.3 is 48.9 Å². The first-order chi connectivity index (χ1) is 33.3. The summed E-state index contributed by atoms with van der Waals surface area (Å²) in [7, 11) is 0. The van der Waals surface area contributed by atoms with Crippen LogP contribution in [0.15, 0.2) is 96.1 Å². The van der Waals surface area contributed by atoms with E-state index in [1.165, 1.54) is 19.1 Å². The Morgan fingerprint density at radius 1 is 0.914 bits per heavy atom. The number of halogens is 1. The number of esters is 3. The predicted molar refractivity (Wildman–Crippen MR) is 253 cm³/mol. The molecule has 1 heterocycles. The van der Waals surface area contributed by atoms with Crippen molar-refractivity contribution in [3.8, 4) is 0 Å². The lowest BCUT2D eigenvalue weighted by atomic mass is 9.44. The molecule has 3 N–H and O–H groups in total. The molecule has 0 aromatic heterocycles. The molecule has 2 amide bonds. The van der Waals surface area contributed by atoms with Gasteiger partial charge >= 0.3 is 24.0 Å². The standard InChI is InChI=1S/C52H61FN2O14S/c1-8-54-48(61)67-40-38-29(3)35(66-47(60)41(63-9-2)39(31-16-12-10-13-17-31)55-45(58)32-18-14-11-15-19-32)27-52(62,49(38,5)6)44(68-46(59)33-20-22-34(53)23-21-33)42-50(7,43(40)57)36(64-24-25-70)26-37-51(42,28-65-37)69-30(4)56/h10-23,35-37,39-42,44,62,70H,8-9,24-28H2,1-7H3,(H,54,61)(H,55,58)/t35-,36-,37+,39-,40+,41+,42?,44-,50+,51-,52+/m0/s1. The number of carbonyl (C=O) groups is 6. The SMILES string of the molecule is CCNC(=O)O[C@H]1C(=O)[C@@]2(C)C([C@H](OC(=O)c3ccc(F)cc3)[C@]3(O)C[C@H](OC(=O)[C@H](OCC)[C@@H](NC(=O)c4ccccc4)c4ccccc4)C(C)=C1C3(C)C)[C@]1(OC(C)=O)CO[C@@H]1C[C@@H]2OCCS. The van der Waals surface area contributed by atoms with E-state index in [1.807, 2.05) is 0 Å². The van der Waals surface area contributed by atoms with Gasteiger partial charge in [-0.2, -0.15) is 12.6 Å². The van der Waals surface area contributed by atoms with E-state index in [4.69, 9.17) is 33.2 Å². The second-order valence-electron chi connectivity index (χ2n) is 18.8. The lowest BCUT2D eigenvalue weighted by Crippen LogP contribution is -2.82. The van der Waals surface area contributed by atoms with Gasteiger partial charge in [0.15, 0.2) is 23.6 Å². The van der Waals surface area contributed by atoms with Crippen molar-refractivity contribution in [1.29, 1.82) is 0 Å². The van der Waals surface area contributed by atoms with Gasteiger partial charge in [0.1, 0.15) is 29.7 Å². The lowest BCUT2D eigenvalue weighted by molar-refractivity contribution is -0.348. The number of amides is 2. The van der Waals surface area contributed by atoms with Gasteiger partial charge in [-0.25, -0.2) is 18.8 Å². The van der Waals surface area contributed by atoms with E-state index in [0.717, 1.165) is 12.1 Å². The van der Waals surface area contributed by atoms with Gasteiger partial charge in [-0.15, -0.1) is 0 Å². The zero-order valence-corrected chi connectivity index (χ0v) is 41.1. The highest BCUT2D eigenvalue weighted by Crippen LogP contribution is 2.65. The van der Waals surface area contributed by atoms with Crippen molar-refractivity contribution in [3.63, 3.8) is 0 Å². The quantitative estimate of drug-likeness (QED) is 0.0557. The zero-order valence-electron chi connectivity index (χ0n) is 40.2. The average molecular weight is 989 g/mol. The van der Waals surface area contributed by atoms with Gasteiger partial charge in [-0.1, -0.05) is 62.4 Å². The van der Waals surface area contributed by atoms with Gasteiger partial charge in [-0.05, 0) is 80.8 Å². The van der Waals surface area contributed by atoms with E-state index in [9.17, 15) is 28.7 Å². The van der Waals surface area contributed by atoms with Crippen LogP contribution in [0.2, 0.25) is 0 Å². The third-order valence-corrected chi connectivity index (χ3v) is 14.7. The van der Waals surface area contributed by atoms with Crippen LogP contribution < -0.4 is 10.6 Å². The number of carbonyl (C=O) groups excluding carboxylic acids is 6. The maximum atomic E-state index is 16.2. The topological polar surface area (TPSA) is 211 Å². The molecule has 3 aliphatic carbocycles. The van der Waals surface area contributed by atoms with Crippen LogP contribution in [0.3, 0.4) is 0 Å². The first-order valence-corrected chi connectivity index (χ1v) is 24.1. The third kappa shape index (κ3) is 9.47. The van der Waals surface area contributed by atoms with E-state index < -0.39 is 119 Å². The van der Waals surface area contributed by atoms with Crippen LogP contribution in [0.4, 0.5) is 9.18 Å². The number of rotatable bonds is 16. The number of fused-ring (bicyclic) bond motifs is 5. The Hall–Kier alpha value is -5.66. The van der Waals surface area contributed by atoms with E-state index in [-0.39, 0.29) is 55.2 Å². The summed E-state index contributed by atoms with van der Waals surface area (Å²) in [5.41, 5.74) is -6.89. The number of benzene rings is 3. The van der Waals surface area contributed by atoms with Crippen LogP contribution in [0.25, 0.3) is 0 Å². The average Bonchev–Trinajstić information content (AvgIpc) is 3.32. The zero-order chi connectivity index (χ0) is 50.8. The van der Waals surface area contributed by atoms with Crippen molar-refractivity contribution < 1.29 is 71.4 Å². The first kappa shape index (κ1) is 52.2. The number of aliphatic hydroxyl groups is 1. The Morgan fingerprint density at radius 3 is 2.16 bits per heavy atom. The van der Waals surface area contributed by atoms with Crippen molar-refractivity contribution in [3.05, 3.63) is 119 Å². The third-order valence-electron chi connectivity index (χ3n) is 14.5. The Kier molecular flexibility index (Phi) is 15.6. The molecular weight excluding hydrogens is 928 g/mol. The molecule has 0 spiro atoms. The number of hydrogen-bond donors (Lipinski definition) is 4. The minimum absolute atomic E-state index is 0.0113. The summed E-state index contributed by atoms with van der Waals surface area (Å²) in [6, 6.07) is 20.4. The van der Waals surface area contributed by atoms with Crippen LogP contribution in [-0.2, 0) is 47.5 Å². The summed E-state index contributed by atoms with van der Waals surface area (Å²) in [4.78, 5) is 86.6. The van der Waals surface area contributed by atoms with Crippen molar-refractivity contribution in [2.75, 3.05) is 32.1 Å². The van der Waals surface area contributed by atoms with Gasteiger partial charge in [0, 0.05) is 49.6 Å². The molecule has 2 saturated carbocycles. The molecule has 70 heavy (non-hydrogen) atoms. The molecule has 0 radical (unpaired) electrons. The van der Waals surface area contributed by atoms with E-state index in [1.54, 1.807) is 102 Å². The Balaban J connectivity index is 1.45. The largest absolute Gasteiger partial charge is 0.456 e. The number of ether oxygens (including phenoxy) is 7. The number of Topliss-reactive ketones (excluding diaryl/α,β-unsaturated/α-hetero) is 1. The summed E-state index contributed by atoms with van der Waals surface area (Å²) in [5, 5.41) is 19.6. The highest BCUT2D eigenvalue weighted by Gasteiger charge is 2.78. The Labute approximate surface area is 411 Å². The predicted octanol–water partition coefficient (Wildman–Crippen LogP) is 6.06. The molecule has 3 fully saturated rings. The van der Waals surface area contributed by atoms with Crippen LogP contribution in [0.5, 0.6) is 0 Å². The number of ketones is 1. The minimum atomic E-state index is -2.42. The lowest BCUT2D eigenvalue weighted by Gasteiger charge is -2.67. The van der Waals surface area contributed by atoms with Crippen molar-refractivity contribution in [2.24, 2.45) is 16.7 Å². The molecule has 2 bridgehead atoms. The molecule has 18 heteroatoms. The molecule has 16 nitrogen and oxygen atoms in total. The van der Waals surface area contributed by atoms with E-state index in [2.05, 4.69) is 23.3 Å². The molecule has 1 saturated heterocycles. The smallest absolute Gasteiger partial charge is 0.408 e. The molecule has 1 aliphatic heterocycles. The van der Waals surface area contributed by atoms with Crippen molar-refractivity contribution in [2.45, 2.75) is 115 Å². The molecule has 11 atom stereocenters. The molecule has 376 valence electrons. The highest BCUT2D eigenvalue weighted by molar-refractivity contribution is 7.80. The Morgan fingerprint density at radius 2 is 1.57 bits per heavy atom. The molecular formula is C52H61FN2O14S. The maximum Gasteiger partial charge on any atom is 0.408 e. The van der Waals surface area contributed by atoms with Crippen LogP contribution >= 0.6 is 12.6 Å². The first-order valence-electron chi connectivity index (χ1n) is 23.4. The van der Waals surface area contributed by atoms with Crippen LogP contribution in [-0.4, -0.2) is 121 Å². The van der Waals surface area contributed by atoms with E-state index >= 15 is 9.59 Å². The van der Waals surface area contributed by atoms with Crippen molar-refractivity contribution >= 4 is 48.3 Å². The fraction of sp³-hybridized carbons (Fsp3) is 0.500. The number of alkyl carbamates (subject to hydrolysis) is 1. The van der Waals surface area contributed by atoms with Gasteiger partial charge in [-0.3, -0.25) is 14.4 Å². The van der Waals surface area contributed by atoms with Gasteiger partial charge in [0.25, 0.3) is 5.91 Å². The summed E-state index contributed by atoms with van der Waals surface area (Å²) in [6.45, 7) is 10.6. The fourth-order valence-electron chi connectivity index (χ4n) is 11.1. The van der Waals surface area contributed by atoms with E-state index in [0.29, 0.717) is 11.1 Å². The fourth-order valence-corrected chi connectivity index (χ4v) is 11.2. The minimum Gasteiger partial charge on any atom is -0.456 e. The highest BCUT2D eigenvalue weighted by atomic mass is 32.1. The molecule has 4 aliphatic rings. The monoisotopic (exact) mass is 988 g/mol. The second-order valence-corrected chi connectivity index (χ2v) is 19.3.